The van der Waals surface area contributed by atoms with Gasteiger partial charge in [0.1, 0.15) is 0 Å². The zero-order valence-corrected chi connectivity index (χ0v) is 12.7. The average molecular weight is 273 g/mol. The van der Waals surface area contributed by atoms with E-state index in [0.717, 1.165) is 26.2 Å². The maximum absolute atomic E-state index is 6.22. The summed E-state index contributed by atoms with van der Waals surface area (Å²) in [5.74, 6) is 0. The number of likely N-dealkylation sites (N-methyl/N-ethyl adjacent to an activating group) is 1. The highest BCUT2D eigenvalue weighted by molar-refractivity contribution is 4.85. The summed E-state index contributed by atoms with van der Waals surface area (Å²) < 4.78 is 16.6. The summed E-state index contributed by atoms with van der Waals surface area (Å²) in [4.78, 5) is 0. The molecule has 0 heterocycles. The van der Waals surface area contributed by atoms with Gasteiger partial charge in [0.2, 0.25) is 0 Å². The molecule has 1 rings (SSSR count). The van der Waals surface area contributed by atoms with Crippen LogP contribution in [-0.2, 0) is 14.2 Å². The molecule has 19 heavy (non-hydrogen) atoms. The molecule has 1 aliphatic carbocycles. The first kappa shape index (κ1) is 16.9. The van der Waals surface area contributed by atoms with Gasteiger partial charge in [-0.25, -0.2) is 0 Å². The highest BCUT2D eigenvalue weighted by atomic mass is 16.5. The van der Waals surface area contributed by atoms with Gasteiger partial charge >= 0.3 is 0 Å². The van der Waals surface area contributed by atoms with Gasteiger partial charge < -0.3 is 19.5 Å². The quantitative estimate of drug-likeness (QED) is 0.490. The van der Waals surface area contributed by atoms with Crippen LogP contribution < -0.4 is 5.32 Å². The maximum atomic E-state index is 6.22. The SMILES string of the molecule is CNCC1(OCCCOCCOC)CCCCCC1. The Balaban J connectivity index is 2.17. The van der Waals surface area contributed by atoms with Crippen LogP contribution in [0.5, 0.6) is 0 Å². The lowest BCUT2D eigenvalue weighted by Gasteiger charge is -2.33. The lowest BCUT2D eigenvalue weighted by atomic mass is 9.94. The van der Waals surface area contributed by atoms with Gasteiger partial charge in [0.15, 0.2) is 0 Å². The van der Waals surface area contributed by atoms with E-state index in [1.165, 1.54) is 38.5 Å². The maximum Gasteiger partial charge on any atom is 0.0806 e. The van der Waals surface area contributed by atoms with E-state index in [1.54, 1.807) is 7.11 Å². The second kappa shape index (κ2) is 10.6. The molecule has 0 amide bonds. The lowest BCUT2D eigenvalue weighted by molar-refractivity contribution is -0.0611. The van der Waals surface area contributed by atoms with Crippen molar-refractivity contribution in [3.63, 3.8) is 0 Å². The molecule has 0 spiro atoms. The molecule has 1 aliphatic rings. The fourth-order valence-electron chi connectivity index (χ4n) is 2.76. The first-order valence-corrected chi connectivity index (χ1v) is 7.68. The first-order valence-electron chi connectivity index (χ1n) is 7.68. The van der Waals surface area contributed by atoms with Crippen molar-refractivity contribution in [1.82, 2.24) is 5.32 Å². The van der Waals surface area contributed by atoms with Crippen LogP contribution in [-0.4, -0.2) is 52.7 Å². The Kier molecular flexibility index (Phi) is 9.43. The third-order valence-electron chi connectivity index (χ3n) is 3.79. The van der Waals surface area contributed by atoms with Crippen molar-refractivity contribution in [3.05, 3.63) is 0 Å². The van der Waals surface area contributed by atoms with Crippen LogP contribution in [0, 0.1) is 0 Å². The summed E-state index contributed by atoms with van der Waals surface area (Å²) >= 11 is 0. The monoisotopic (exact) mass is 273 g/mol. The van der Waals surface area contributed by atoms with E-state index in [1.807, 2.05) is 7.05 Å². The minimum atomic E-state index is 0.0672. The van der Waals surface area contributed by atoms with Crippen molar-refractivity contribution in [2.24, 2.45) is 0 Å². The molecule has 4 nitrogen and oxygen atoms in total. The van der Waals surface area contributed by atoms with Crippen LogP contribution in [0.4, 0.5) is 0 Å². The molecule has 4 heteroatoms. The van der Waals surface area contributed by atoms with E-state index in [0.29, 0.717) is 13.2 Å². The summed E-state index contributed by atoms with van der Waals surface area (Å²) in [5, 5.41) is 3.30. The molecule has 0 aromatic rings. The molecule has 0 aromatic heterocycles. The van der Waals surface area contributed by atoms with Crippen LogP contribution in [0.2, 0.25) is 0 Å². The topological polar surface area (TPSA) is 39.7 Å². The Morgan fingerprint density at radius 3 is 2.32 bits per heavy atom. The molecular formula is C15H31NO3. The first-order chi connectivity index (χ1) is 9.33. The predicted octanol–water partition coefficient (Wildman–Crippen LogP) is 2.37. The summed E-state index contributed by atoms with van der Waals surface area (Å²) in [7, 11) is 3.71. The molecule has 0 aliphatic heterocycles. The molecule has 0 radical (unpaired) electrons. The molecule has 1 saturated carbocycles. The highest BCUT2D eigenvalue weighted by Crippen LogP contribution is 2.30. The molecular weight excluding hydrogens is 242 g/mol. The number of nitrogens with one attached hydrogen (secondary N) is 1. The predicted molar refractivity (Wildman–Crippen MR) is 77.6 cm³/mol. The summed E-state index contributed by atoms with van der Waals surface area (Å²) in [6, 6.07) is 0. The van der Waals surface area contributed by atoms with Gasteiger partial charge in [0, 0.05) is 26.9 Å². The van der Waals surface area contributed by atoms with Crippen LogP contribution in [0.1, 0.15) is 44.9 Å². The van der Waals surface area contributed by atoms with Gasteiger partial charge in [0.05, 0.1) is 18.8 Å². The minimum Gasteiger partial charge on any atom is -0.382 e. The number of rotatable bonds is 10. The van der Waals surface area contributed by atoms with Crippen molar-refractivity contribution < 1.29 is 14.2 Å². The van der Waals surface area contributed by atoms with Gasteiger partial charge in [-0.2, -0.15) is 0 Å². The van der Waals surface area contributed by atoms with Crippen molar-refractivity contribution >= 4 is 0 Å². The Bertz CT molecular complexity index is 204. The van der Waals surface area contributed by atoms with Gasteiger partial charge in [0.25, 0.3) is 0 Å². The number of ether oxygens (including phenoxy) is 3. The zero-order chi connectivity index (χ0) is 13.8. The summed E-state index contributed by atoms with van der Waals surface area (Å²) in [6.45, 7) is 3.88. The van der Waals surface area contributed by atoms with Crippen molar-refractivity contribution in [1.29, 1.82) is 0 Å². The van der Waals surface area contributed by atoms with Gasteiger partial charge in [-0.15, -0.1) is 0 Å². The van der Waals surface area contributed by atoms with Crippen LogP contribution in [0.25, 0.3) is 0 Å². The third kappa shape index (κ3) is 7.25. The smallest absolute Gasteiger partial charge is 0.0806 e. The molecule has 1 fully saturated rings. The fourth-order valence-corrected chi connectivity index (χ4v) is 2.76. The van der Waals surface area contributed by atoms with Gasteiger partial charge in [-0.1, -0.05) is 25.7 Å². The van der Waals surface area contributed by atoms with Crippen molar-refractivity contribution in [2.75, 3.05) is 47.1 Å². The van der Waals surface area contributed by atoms with Crippen LogP contribution >= 0.6 is 0 Å². The van der Waals surface area contributed by atoms with E-state index in [4.69, 9.17) is 14.2 Å². The van der Waals surface area contributed by atoms with Gasteiger partial charge in [-0.3, -0.25) is 0 Å². The van der Waals surface area contributed by atoms with E-state index in [-0.39, 0.29) is 5.60 Å². The fraction of sp³-hybridized carbons (Fsp3) is 1.00. The van der Waals surface area contributed by atoms with E-state index in [9.17, 15) is 0 Å². The number of hydrogen-bond donors (Lipinski definition) is 1. The Hall–Kier alpha value is -0.160. The lowest BCUT2D eigenvalue weighted by Crippen LogP contribution is -2.42. The standard InChI is InChI=1S/C15H31NO3/c1-16-14-15(8-5-3-4-6-9-15)19-11-7-10-18-13-12-17-2/h16H,3-14H2,1-2H3. The Morgan fingerprint density at radius 1 is 0.947 bits per heavy atom. The molecule has 0 aromatic carbocycles. The molecule has 0 bridgehead atoms. The van der Waals surface area contributed by atoms with Crippen molar-refractivity contribution in [3.8, 4) is 0 Å². The Labute approximate surface area is 118 Å². The molecule has 0 saturated heterocycles. The largest absolute Gasteiger partial charge is 0.382 e. The van der Waals surface area contributed by atoms with Crippen LogP contribution in [0.3, 0.4) is 0 Å². The molecule has 1 N–H and O–H groups in total. The van der Waals surface area contributed by atoms with Crippen molar-refractivity contribution in [2.45, 2.75) is 50.5 Å². The molecule has 0 atom stereocenters. The molecule has 0 unspecified atom stereocenters. The van der Waals surface area contributed by atoms with E-state index < -0.39 is 0 Å². The van der Waals surface area contributed by atoms with E-state index in [2.05, 4.69) is 5.32 Å². The zero-order valence-electron chi connectivity index (χ0n) is 12.7. The number of methoxy groups -OCH3 is 1. The highest BCUT2D eigenvalue weighted by Gasteiger charge is 2.30. The third-order valence-corrected chi connectivity index (χ3v) is 3.79. The van der Waals surface area contributed by atoms with Crippen LogP contribution in [0.15, 0.2) is 0 Å². The van der Waals surface area contributed by atoms with E-state index >= 15 is 0 Å². The van der Waals surface area contributed by atoms with Gasteiger partial charge in [-0.05, 0) is 26.3 Å². The number of hydrogen-bond acceptors (Lipinski definition) is 4. The Morgan fingerprint density at radius 2 is 1.68 bits per heavy atom. The summed E-state index contributed by atoms with van der Waals surface area (Å²) in [5.41, 5.74) is 0.0672. The minimum absolute atomic E-state index is 0.0672. The second-order valence-corrected chi connectivity index (χ2v) is 5.43. The molecule has 114 valence electrons. The second-order valence-electron chi connectivity index (χ2n) is 5.43. The summed E-state index contributed by atoms with van der Waals surface area (Å²) in [6.07, 6.45) is 8.66. The average Bonchev–Trinajstić information content (AvgIpc) is 2.64. The normalized spacial score (nSPS) is 19.3.